The van der Waals surface area contributed by atoms with Crippen LogP contribution < -0.4 is 0 Å². The highest BCUT2D eigenvalue weighted by atomic mass is 35.5. The molecule has 5 nitrogen and oxygen atoms in total. The Balaban J connectivity index is 1.65. The van der Waals surface area contributed by atoms with Gasteiger partial charge in [-0.2, -0.15) is 18.3 Å². The maximum Gasteiger partial charge on any atom is 0.435 e. The largest absolute Gasteiger partial charge is 0.487 e. The molecular weight excluding hydrogens is 407 g/mol. The molecule has 0 saturated heterocycles. The fourth-order valence-corrected chi connectivity index (χ4v) is 3.23. The Morgan fingerprint density at radius 1 is 1.14 bits per heavy atom. The van der Waals surface area contributed by atoms with E-state index in [2.05, 4.69) is 10.3 Å². The molecule has 1 aliphatic rings. The number of benzene rings is 1. The van der Waals surface area contributed by atoms with Gasteiger partial charge in [0.05, 0.1) is 28.2 Å². The number of hydrogen-bond donors (Lipinski definition) is 0. The lowest BCUT2D eigenvalue weighted by Gasteiger charge is -2.16. The van der Waals surface area contributed by atoms with Crippen LogP contribution in [0.4, 0.5) is 13.2 Å². The van der Waals surface area contributed by atoms with Crippen LogP contribution in [0.5, 0.6) is 0 Å². The predicted molar refractivity (Wildman–Crippen MR) is 100 cm³/mol. The molecule has 3 aromatic rings. The minimum atomic E-state index is -4.59. The van der Waals surface area contributed by atoms with E-state index in [1.165, 1.54) is 6.20 Å². The van der Waals surface area contributed by atoms with Crippen molar-refractivity contribution in [2.45, 2.75) is 25.6 Å². The maximum absolute atomic E-state index is 13.3. The Kier molecular flexibility index (Phi) is 5.19. The zero-order valence-corrected chi connectivity index (χ0v) is 15.7. The van der Waals surface area contributed by atoms with E-state index in [1.54, 1.807) is 30.3 Å². The van der Waals surface area contributed by atoms with Crippen molar-refractivity contribution in [3.05, 3.63) is 82.7 Å². The van der Waals surface area contributed by atoms with Crippen LogP contribution in [0.2, 0.25) is 5.02 Å². The second-order valence-electron chi connectivity index (χ2n) is 6.31. The van der Waals surface area contributed by atoms with Crippen LogP contribution >= 0.6 is 11.6 Å². The molecule has 2 heterocycles. The fourth-order valence-electron chi connectivity index (χ4n) is 3.01. The molecule has 0 saturated carbocycles. The lowest BCUT2D eigenvalue weighted by atomic mass is 10.0. The van der Waals surface area contributed by atoms with Crippen molar-refractivity contribution < 1.29 is 22.4 Å². The van der Waals surface area contributed by atoms with Gasteiger partial charge in [0.15, 0.2) is 11.5 Å². The van der Waals surface area contributed by atoms with Crippen molar-refractivity contribution >= 4 is 17.2 Å². The van der Waals surface area contributed by atoms with Crippen molar-refractivity contribution in [2.24, 2.45) is 0 Å². The van der Waals surface area contributed by atoms with Crippen LogP contribution in [0.3, 0.4) is 0 Å². The summed E-state index contributed by atoms with van der Waals surface area (Å²) in [7, 11) is 0. The summed E-state index contributed by atoms with van der Waals surface area (Å²) in [6.45, 7) is -0.133. The standard InChI is InChI=1S/C20H15ClF3N3O2/c21-15-6-2-3-7-16(15)27-13(11-19(26-27)20(22,23)24)12-28-17-8-4-1-5-14(17)18-9-10-25-29-18/h2-3,5-11H,1,4,12H2. The predicted octanol–water partition coefficient (Wildman–Crippen LogP) is 5.81. The van der Waals surface area contributed by atoms with Gasteiger partial charge >= 0.3 is 6.18 Å². The van der Waals surface area contributed by atoms with Crippen molar-refractivity contribution in [1.29, 1.82) is 0 Å². The van der Waals surface area contributed by atoms with Gasteiger partial charge in [-0.05, 0) is 37.1 Å². The van der Waals surface area contributed by atoms with Gasteiger partial charge in [0.1, 0.15) is 12.4 Å². The van der Waals surface area contributed by atoms with Crippen LogP contribution in [0.1, 0.15) is 30.0 Å². The van der Waals surface area contributed by atoms with E-state index in [4.69, 9.17) is 20.9 Å². The van der Waals surface area contributed by atoms with E-state index >= 15 is 0 Å². The Morgan fingerprint density at radius 3 is 2.66 bits per heavy atom. The quantitative estimate of drug-likeness (QED) is 0.521. The van der Waals surface area contributed by atoms with Crippen LogP contribution in [-0.2, 0) is 17.5 Å². The molecule has 0 radical (unpaired) electrons. The highest BCUT2D eigenvalue weighted by molar-refractivity contribution is 6.32. The van der Waals surface area contributed by atoms with E-state index in [0.29, 0.717) is 22.8 Å². The molecule has 0 N–H and O–H groups in total. The Bertz CT molecular complexity index is 1070. The van der Waals surface area contributed by atoms with Crippen molar-refractivity contribution in [2.75, 3.05) is 0 Å². The number of nitrogens with zero attached hydrogens (tertiary/aromatic N) is 3. The van der Waals surface area contributed by atoms with Crippen LogP contribution in [0.15, 0.2) is 65.0 Å². The molecule has 2 aromatic heterocycles. The number of allylic oxidation sites excluding steroid dienone is 3. The molecule has 4 rings (SSSR count). The van der Waals surface area contributed by atoms with Gasteiger partial charge in [-0.3, -0.25) is 0 Å². The summed E-state index contributed by atoms with van der Waals surface area (Å²) in [5.41, 5.74) is 0.258. The normalized spacial score (nSPS) is 14.5. The van der Waals surface area contributed by atoms with E-state index in [-0.39, 0.29) is 17.3 Å². The topological polar surface area (TPSA) is 53.1 Å². The maximum atomic E-state index is 13.3. The summed E-state index contributed by atoms with van der Waals surface area (Å²) < 4.78 is 52.0. The average molecular weight is 422 g/mol. The molecule has 0 bridgehead atoms. The molecule has 29 heavy (non-hydrogen) atoms. The zero-order chi connectivity index (χ0) is 20.4. The Morgan fingerprint density at radius 2 is 1.93 bits per heavy atom. The lowest BCUT2D eigenvalue weighted by Crippen LogP contribution is -2.08. The van der Waals surface area contributed by atoms with Gasteiger partial charge in [-0.15, -0.1) is 0 Å². The van der Waals surface area contributed by atoms with Crippen LogP contribution in [-0.4, -0.2) is 14.9 Å². The molecule has 0 amide bonds. The molecule has 0 unspecified atom stereocenters. The zero-order valence-electron chi connectivity index (χ0n) is 15.0. The summed E-state index contributed by atoms with van der Waals surface area (Å²) in [4.78, 5) is 0. The van der Waals surface area contributed by atoms with Crippen LogP contribution in [0.25, 0.3) is 11.3 Å². The first-order chi connectivity index (χ1) is 13.9. The summed E-state index contributed by atoms with van der Waals surface area (Å²) in [6, 6.07) is 9.21. The van der Waals surface area contributed by atoms with Gasteiger partial charge < -0.3 is 9.26 Å². The molecule has 150 valence electrons. The van der Waals surface area contributed by atoms with Crippen molar-refractivity contribution in [1.82, 2.24) is 14.9 Å². The average Bonchev–Trinajstić information content (AvgIpc) is 3.37. The third-order valence-corrected chi connectivity index (χ3v) is 4.66. The molecule has 1 aliphatic carbocycles. The highest BCUT2D eigenvalue weighted by Gasteiger charge is 2.35. The van der Waals surface area contributed by atoms with Crippen LogP contribution in [0, 0.1) is 0 Å². The van der Waals surface area contributed by atoms with Gasteiger partial charge in [0.25, 0.3) is 0 Å². The highest BCUT2D eigenvalue weighted by Crippen LogP contribution is 2.33. The third kappa shape index (κ3) is 4.07. The molecule has 0 spiro atoms. The van der Waals surface area contributed by atoms with Gasteiger partial charge in [0, 0.05) is 6.07 Å². The van der Waals surface area contributed by atoms with Crippen molar-refractivity contribution in [3.63, 3.8) is 0 Å². The molecular formula is C20H15ClF3N3O2. The summed E-state index contributed by atoms with van der Waals surface area (Å²) >= 11 is 6.17. The molecule has 0 fully saturated rings. The van der Waals surface area contributed by atoms with E-state index < -0.39 is 11.9 Å². The molecule has 0 aliphatic heterocycles. The monoisotopic (exact) mass is 421 g/mol. The molecule has 0 atom stereocenters. The SMILES string of the molecule is FC(F)(F)c1cc(COC2=CCCC=C2c2ccno2)n(-c2ccccc2Cl)n1. The van der Waals surface area contributed by atoms with Gasteiger partial charge in [0.2, 0.25) is 0 Å². The summed E-state index contributed by atoms with van der Waals surface area (Å²) in [5.74, 6) is 1.06. The van der Waals surface area contributed by atoms with Gasteiger partial charge in [-0.1, -0.05) is 35.0 Å². The smallest absolute Gasteiger partial charge is 0.435 e. The number of para-hydroxylation sites is 1. The van der Waals surface area contributed by atoms with E-state index in [0.717, 1.165) is 23.6 Å². The summed E-state index contributed by atoms with van der Waals surface area (Å²) in [5, 5.41) is 7.68. The first-order valence-electron chi connectivity index (χ1n) is 8.79. The number of alkyl halides is 3. The summed E-state index contributed by atoms with van der Waals surface area (Å²) in [6.07, 6.45) is 2.31. The minimum Gasteiger partial charge on any atom is -0.487 e. The fraction of sp³-hybridized carbons (Fsp3) is 0.200. The van der Waals surface area contributed by atoms with E-state index in [9.17, 15) is 13.2 Å². The lowest BCUT2D eigenvalue weighted by molar-refractivity contribution is -0.141. The minimum absolute atomic E-state index is 0.133. The number of rotatable bonds is 5. The molecule has 1 aromatic carbocycles. The first kappa shape index (κ1) is 19.3. The van der Waals surface area contributed by atoms with Gasteiger partial charge in [-0.25, -0.2) is 4.68 Å². The number of aromatic nitrogens is 3. The number of hydrogen-bond acceptors (Lipinski definition) is 4. The Hall–Kier alpha value is -3.00. The number of halogens is 4. The second kappa shape index (κ2) is 7.79. The molecule has 9 heteroatoms. The second-order valence-corrected chi connectivity index (χ2v) is 6.72. The number of ether oxygens (including phenoxy) is 1. The van der Waals surface area contributed by atoms with E-state index in [1.807, 2.05) is 12.2 Å². The first-order valence-corrected chi connectivity index (χ1v) is 9.17. The third-order valence-electron chi connectivity index (χ3n) is 4.34. The van der Waals surface area contributed by atoms with Crippen molar-refractivity contribution in [3.8, 4) is 5.69 Å². The Labute approximate surface area is 169 Å².